The Morgan fingerprint density at radius 2 is 2.12 bits per heavy atom. The number of aryl methyl sites for hydroxylation is 2. The predicted octanol–water partition coefficient (Wildman–Crippen LogP) is 0.488. The van der Waals surface area contributed by atoms with Gasteiger partial charge in [0.2, 0.25) is 0 Å². The lowest BCUT2D eigenvalue weighted by molar-refractivity contribution is 0.826. The van der Waals surface area contributed by atoms with Crippen LogP contribution in [0.4, 0.5) is 0 Å². The molecule has 0 aromatic carbocycles. The van der Waals surface area contributed by atoms with E-state index in [0.717, 1.165) is 11.3 Å². The summed E-state index contributed by atoms with van der Waals surface area (Å²) in [7, 11) is 0. The zero-order valence-corrected chi connectivity index (χ0v) is 4.92. The summed E-state index contributed by atoms with van der Waals surface area (Å²) in [5.74, 6) is 0. The van der Waals surface area contributed by atoms with Gasteiger partial charge in [-0.2, -0.15) is 0 Å². The molecular formula is C5H7N3. The first-order valence-electron chi connectivity index (χ1n) is 2.42. The number of hydrogen-bond donors (Lipinski definition) is 0. The third-order valence-corrected chi connectivity index (χ3v) is 1.07. The van der Waals surface area contributed by atoms with Crippen LogP contribution in [0, 0.1) is 13.8 Å². The molecule has 0 saturated carbocycles. The van der Waals surface area contributed by atoms with Gasteiger partial charge < -0.3 is 0 Å². The number of nitrogens with zero attached hydrogens (tertiary/aromatic N) is 3. The third-order valence-electron chi connectivity index (χ3n) is 1.07. The largest absolute Gasteiger partial charge is 0.138 e. The van der Waals surface area contributed by atoms with Crippen LogP contribution >= 0.6 is 0 Å². The van der Waals surface area contributed by atoms with Crippen LogP contribution in [0.3, 0.4) is 0 Å². The SMILES string of the molecule is Cc1cnnnc1C. The molecule has 0 spiro atoms. The highest BCUT2D eigenvalue weighted by atomic mass is 15.3. The van der Waals surface area contributed by atoms with Gasteiger partial charge in [0.25, 0.3) is 0 Å². The monoisotopic (exact) mass is 109 g/mol. The summed E-state index contributed by atoms with van der Waals surface area (Å²) in [6.45, 7) is 3.86. The predicted molar refractivity (Wildman–Crippen MR) is 29.3 cm³/mol. The van der Waals surface area contributed by atoms with Crippen molar-refractivity contribution in [2.24, 2.45) is 0 Å². The normalized spacial score (nSPS) is 9.25. The van der Waals surface area contributed by atoms with Crippen LogP contribution < -0.4 is 0 Å². The van der Waals surface area contributed by atoms with E-state index in [0.29, 0.717) is 0 Å². The van der Waals surface area contributed by atoms with Gasteiger partial charge in [0.1, 0.15) is 0 Å². The number of aromatic nitrogens is 3. The maximum absolute atomic E-state index is 3.72. The first-order valence-corrected chi connectivity index (χ1v) is 2.42. The van der Waals surface area contributed by atoms with Crippen molar-refractivity contribution in [1.82, 2.24) is 15.4 Å². The summed E-state index contributed by atoms with van der Waals surface area (Å²) in [5.41, 5.74) is 2.03. The summed E-state index contributed by atoms with van der Waals surface area (Å²) < 4.78 is 0. The fraction of sp³-hybridized carbons (Fsp3) is 0.400. The van der Waals surface area contributed by atoms with Crippen LogP contribution in [-0.4, -0.2) is 15.4 Å². The lowest BCUT2D eigenvalue weighted by atomic mass is 10.3. The molecule has 0 amide bonds. The first-order chi connectivity index (χ1) is 3.80. The third kappa shape index (κ3) is 0.804. The van der Waals surface area contributed by atoms with E-state index in [9.17, 15) is 0 Å². The molecule has 0 radical (unpaired) electrons. The van der Waals surface area contributed by atoms with Crippen LogP contribution in [0.1, 0.15) is 11.3 Å². The Labute approximate surface area is 47.8 Å². The molecule has 0 fully saturated rings. The van der Waals surface area contributed by atoms with Crippen molar-refractivity contribution >= 4 is 0 Å². The fourth-order valence-corrected chi connectivity index (χ4v) is 0.378. The van der Waals surface area contributed by atoms with E-state index in [1.165, 1.54) is 0 Å². The summed E-state index contributed by atoms with van der Waals surface area (Å²) in [6, 6.07) is 0. The smallest absolute Gasteiger partial charge is 0.0662 e. The summed E-state index contributed by atoms with van der Waals surface area (Å²) in [6.07, 6.45) is 1.70. The molecule has 8 heavy (non-hydrogen) atoms. The van der Waals surface area contributed by atoms with Crippen molar-refractivity contribution < 1.29 is 0 Å². The van der Waals surface area contributed by atoms with Crippen molar-refractivity contribution in [3.8, 4) is 0 Å². The number of hydrogen-bond acceptors (Lipinski definition) is 3. The van der Waals surface area contributed by atoms with E-state index in [1.807, 2.05) is 13.8 Å². The zero-order chi connectivity index (χ0) is 5.98. The van der Waals surface area contributed by atoms with E-state index in [-0.39, 0.29) is 0 Å². The number of rotatable bonds is 0. The maximum atomic E-state index is 3.72. The minimum absolute atomic E-state index is 0.944. The van der Waals surface area contributed by atoms with E-state index < -0.39 is 0 Å². The van der Waals surface area contributed by atoms with Gasteiger partial charge in [-0.05, 0) is 24.6 Å². The van der Waals surface area contributed by atoms with Crippen LogP contribution in [0.2, 0.25) is 0 Å². The Hall–Kier alpha value is -0.990. The summed E-state index contributed by atoms with van der Waals surface area (Å²) >= 11 is 0. The highest BCUT2D eigenvalue weighted by Gasteiger charge is 1.88. The van der Waals surface area contributed by atoms with Gasteiger partial charge in [-0.25, -0.2) is 0 Å². The summed E-state index contributed by atoms with van der Waals surface area (Å²) in [4.78, 5) is 0. The molecule has 0 saturated heterocycles. The molecule has 3 nitrogen and oxygen atoms in total. The molecule has 1 aromatic heterocycles. The molecule has 0 bridgehead atoms. The standard InChI is InChI=1S/C5H7N3/c1-4-3-6-8-7-5(4)2/h3H,1-2H3. The Morgan fingerprint density at radius 1 is 1.38 bits per heavy atom. The average molecular weight is 109 g/mol. The van der Waals surface area contributed by atoms with Crippen molar-refractivity contribution in [2.45, 2.75) is 13.8 Å². The quantitative estimate of drug-likeness (QED) is 0.486. The van der Waals surface area contributed by atoms with E-state index >= 15 is 0 Å². The molecule has 0 atom stereocenters. The molecule has 0 aliphatic heterocycles. The van der Waals surface area contributed by atoms with E-state index in [2.05, 4.69) is 15.4 Å². The van der Waals surface area contributed by atoms with Crippen molar-refractivity contribution in [3.05, 3.63) is 17.5 Å². The molecule has 1 heterocycles. The minimum atomic E-state index is 0.944. The molecule has 0 unspecified atom stereocenters. The lowest BCUT2D eigenvalue weighted by Crippen LogP contribution is -1.91. The first kappa shape index (κ1) is 5.15. The lowest BCUT2D eigenvalue weighted by Gasteiger charge is -1.89. The molecule has 0 N–H and O–H groups in total. The highest BCUT2D eigenvalue weighted by Crippen LogP contribution is 1.94. The Bertz CT molecular complexity index is 164. The van der Waals surface area contributed by atoms with Crippen molar-refractivity contribution in [2.75, 3.05) is 0 Å². The van der Waals surface area contributed by atoms with Crippen molar-refractivity contribution in [1.29, 1.82) is 0 Å². The molecule has 1 rings (SSSR count). The van der Waals surface area contributed by atoms with Crippen LogP contribution in [0.5, 0.6) is 0 Å². The van der Waals surface area contributed by atoms with Gasteiger partial charge in [-0.3, -0.25) is 0 Å². The summed E-state index contributed by atoms with van der Waals surface area (Å²) in [5, 5.41) is 10.7. The second kappa shape index (κ2) is 1.86. The molecule has 0 aliphatic carbocycles. The Morgan fingerprint density at radius 3 is 2.50 bits per heavy atom. The molecule has 42 valence electrons. The second-order valence-corrected chi connectivity index (χ2v) is 1.70. The maximum Gasteiger partial charge on any atom is 0.0662 e. The van der Waals surface area contributed by atoms with Gasteiger partial charge in [0.05, 0.1) is 11.9 Å². The van der Waals surface area contributed by atoms with Crippen LogP contribution in [0.25, 0.3) is 0 Å². The second-order valence-electron chi connectivity index (χ2n) is 1.70. The average Bonchev–Trinajstić information content (AvgIpc) is 1.77. The molecular weight excluding hydrogens is 102 g/mol. The highest BCUT2D eigenvalue weighted by molar-refractivity contribution is 5.08. The molecule has 0 aliphatic rings. The fourth-order valence-electron chi connectivity index (χ4n) is 0.378. The Balaban J connectivity index is 3.13. The van der Waals surface area contributed by atoms with E-state index in [1.54, 1.807) is 6.20 Å². The van der Waals surface area contributed by atoms with Crippen LogP contribution in [-0.2, 0) is 0 Å². The van der Waals surface area contributed by atoms with Gasteiger partial charge in [0, 0.05) is 0 Å². The minimum Gasteiger partial charge on any atom is -0.138 e. The van der Waals surface area contributed by atoms with E-state index in [4.69, 9.17) is 0 Å². The van der Waals surface area contributed by atoms with Crippen LogP contribution in [0.15, 0.2) is 6.20 Å². The Kier molecular flexibility index (Phi) is 1.20. The van der Waals surface area contributed by atoms with Gasteiger partial charge >= 0.3 is 0 Å². The van der Waals surface area contributed by atoms with Crippen molar-refractivity contribution in [3.63, 3.8) is 0 Å². The van der Waals surface area contributed by atoms with Gasteiger partial charge in [-0.15, -0.1) is 10.2 Å². The van der Waals surface area contributed by atoms with Gasteiger partial charge in [0.15, 0.2) is 0 Å². The molecule has 3 heteroatoms. The molecule has 1 aromatic rings. The van der Waals surface area contributed by atoms with Gasteiger partial charge in [-0.1, -0.05) is 0 Å². The topological polar surface area (TPSA) is 38.7 Å². The zero-order valence-electron chi connectivity index (χ0n) is 4.92.